The summed E-state index contributed by atoms with van der Waals surface area (Å²) in [5.74, 6) is -1.46. The molecule has 2 heterocycles. The molecule has 0 spiro atoms. The number of benzene rings is 3. The van der Waals surface area contributed by atoms with Crippen molar-refractivity contribution in [3.8, 4) is 0 Å². The molecule has 188 valence electrons. The molecule has 1 unspecified atom stereocenters. The lowest BCUT2D eigenvalue weighted by Gasteiger charge is -2.21. The molecular formula is C31H30N2O2S2. The molecule has 37 heavy (non-hydrogen) atoms. The van der Waals surface area contributed by atoms with E-state index in [2.05, 4.69) is 61.7 Å². The zero-order valence-electron chi connectivity index (χ0n) is 21.4. The maximum absolute atomic E-state index is 12.6. The summed E-state index contributed by atoms with van der Waals surface area (Å²) >= 11 is 3.37. The van der Waals surface area contributed by atoms with E-state index >= 15 is 0 Å². The lowest BCUT2D eigenvalue weighted by Crippen LogP contribution is -2.19. The van der Waals surface area contributed by atoms with Gasteiger partial charge in [-0.2, -0.15) is 0 Å². The van der Waals surface area contributed by atoms with E-state index in [0.717, 1.165) is 47.9 Å². The number of aromatic nitrogens is 2. The topological polar surface area (TPSA) is 55.1 Å². The molecule has 5 aromatic rings. The normalized spacial score (nSPS) is 12.8. The SMILES string of the molecule is Cn1c(C(Cc2ccccc2)C(=O)O)c(SC(C)(C)C)c2cc(Sc3ccc4ccccc4n3)ccc21. The van der Waals surface area contributed by atoms with Gasteiger partial charge >= 0.3 is 5.97 Å². The molecule has 1 N–H and O–H groups in total. The number of carboxylic acids is 1. The lowest BCUT2D eigenvalue weighted by molar-refractivity contribution is -0.139. The predicted molar refractivity (Wildman–Crippen MR) is 155 cm³/mol. The van der Waals surface area contributed by atoms with Crippen molar-refractivity contribution in [3.05, 3.63) is 96.2 Å². The Morgan fingerprint density at radius 1 is 0.973 bits per heavy atom. The third kappa shape index (κ3) is 5.55. The molecule has 0 aliphatic heterocycles. The summed E-state index contributed by atoms with van der Waals surface area (Å²) in [5.41, 5.74) is 3.89. The summed E-state index contributed by atoms with van der Waals surface area (Å²) in [4.78, 5) is 19.6. The van der Waals surface area contributed by atoms with E-state index in [0.29, 0.717) is 6.42 Å². The fourth-order valence-electron chi connectivity index (χ4n) is 4.65. The van der Waals surface area contributed by atoms with Crippen molar-refractivity contribution in [3.63, 3.8) is 0 Å². The Morgan fingerprint density at radius 3 is 2.43 bits per heavy atom. The summed E-state index contributed by atoms with van der Waals surface area (Å²) in [6, 6.07) is 28.6. The molecule has 0 saturated carbocycles. The van der Waals surface area contributed by atoms with Gasteiger partial charge in [-0.3, -0.25) is 4.79 Å². The summed E-state index contributed by atoms with van der Waals surface area (Å²) in [6.45, 7) is 6.51. The number of rotatable bonds is 7. The second-order valence-electron chi connectivity index (χ2n) is 10.2. The number of aryl methyl sites for hydroxylation is 1. The number of hydrogen-bond donors (Lipinski definition) is 1. The van der Waals surface area contributed by atoms with E-state index in [-0.39, 0.29) is 4.75 Å². The lowest BCUT2D eigenvalue weighted by atomic mass is 9.96. The maximum atomic E-state index is 12.6. The van der Waals surface area contributed by atoms with Gasteiger partial charge in [0.25, 0.3) is 0 Å². The molecule has 0 bridgehead atoms. The van der Waals surface area contributed by atoms with Gasteiger partial charge in [0.05, 0.1) is 5.52 Å². The first kappa shape index (κ1) is 25.4. The number of aliphatic carboxylic acids is 1. The average Bonchev–Trinajstić information content (AvgIpc) is 3.12. The molecular weight excluding hydrogens is 496 g/mol. The predicted octanol–water partition coefficient (Wildman–Crippen LogP) is 8.18. The van der Waals surface area contributed by atoms with Crippen LogP contribution in [0.1, 0.15) is 37.9 Å². The number of carbonyl (C=O) groups is 1. The van der Waals surface area contributed by atoms with Crippen molar-refractivity contribution >= 4 is 51.3 Å². The molecule has 6 heteroatoms. The molecule has 2 aromatic heterocycles. The fraction of sp³-hybridized carbons (Fsp3) is 0.226. The highest BCUT2D eigenvalue weighted by Crippen LogP contribution is 2.45. The Balaban J connectivity index is 1.60. The minimum atomic E-state index is -0.805. The van der Waals surface area contributed by atoms with E-state index in [4.69, 9.17) is 4.98 Å². The first-order valence-corrected chi connectivity index (χ1v) is 13.9. The van der Waals surface area contributed by atoms with E-state index < -0.39 is 11.9 Å². The van der Waals surface area contributed by atoms with Gasteiger partial charge in [-0.1, -0.05) is 87.1 Å². The largest absolute Gasteiger partial charge is 0.481 e. The maximum Gasteiger partial charge on any atom is 0.312 e. The van der Waals surface area contributed by atoms with Crippen LogP contribution >= 0.6 is 23.5 Å². The zero-order chi connectivity index (χ0) is 26.2. The van der Waals surface area contributed by atoms with Crippen molar-refractivity contribution in [2.45, 2.75) is 52.7 Å². The van der Waals surface area contributed by atoms with Crippen LogP contribution in [0.2, 0.25) is 0 Å². The molecule has 0 fully saturated rings. The number of pyridine rings is 1. The minimum absolute atomic E-state index is 0.0815. The Kier molecular flexibility index (Phi) is 7.06. The van der Waals surface area contributed by atoms with E-state index in [9.17, 15) is 9.90 Å². The second-order valence-corrected chi connectivity index (χ2v) is 13.1. The van der Waals surface area contributed by atoms with Crippen molar-refractivity contribution < 1.29 is 9.90 Å². The van der Waals surface area contributed by atoms with Gasteiger partial charge in [-0.05, 0) is 42.3 Å². The number of para-hydroxylation sites is 1. The third-order valence-electron chi connectivity index (χ3n) is 6.28. The van der Waals surface area contributed by atoms with Gasteiger partial charge in [-0.25, -0.2) is 4.98 Å². The Labute approximate surface area is 226 Å². The molecule has 0 amide bonds. The van der Waals surface area contributed by atoms with Crippen LogP contribution in [0, 0.1) is 0 Å². The number of thioether (sulfide) groups is 1. The van der Waals surface area contributed by atoms with Crippen molar-refractivity contribution in [2.75, 3.05) is 0 Å². The van der Waals surface area contributed by atoms with Crippen LogP contribution < -0.4 is 0 Å². The van der Waals surface area contributed by atoms with Gasteiger partial charge in [0.15, 0.2) is 0 Å². The Morgan fingerprint density at radius 2 is 1.70 bits per heavy atom. The van der Waals surface area contributed by atoms with Crippen LogP contribution in [0.25, 0.3) is 21.8 Å². The Bertz CT molecular complexity index is 1590. The Hall–Kier alpha value is -3.22. The first-order chi connectivity index (χ1) is 17.7. The summed E-state index contributed by atoms with van der Waals surface area (Å²) in [7, 11) is 1.99. The number of fused-ring (bicyclic) bond motifs is 2. The van der Waals surface area contributed by atoms with Gasteiger partial charge in [-0.15, -0.1) is 11.8 Å². The number of hydrogen-bond acceptors (Lipinski definition) is 4. The van der Waals surface area contributed by atoms with Crippen molar-refractivity contribution in [1.82, 2.24) is 9.55 Å². The molecule has 5 rings (SSSR count). The average molecular weight is 527 g/mol. The van der Waals surface area contributed by atoms with Gasteiger partial charge < -0.3 is 9.67 Å². The van der Waals surface area contributed by atoms with E-state index in [1.807, 2.05) is 55.6 Å². The van der Waals surface area contributed by atoms with Crippen LogP contribution in [0.15, 0.2) is 99.7 Å². The number of nitrogens with zero attached hydrogens (tertiary/aromatic N) is 2. The summed E-state index contributed by atoms with van der Waals surface area (Å²) < 4.78 is 2.00. The molecule has 0 radical (unpaired) electrons. The summed E-state index contributed by atoms with van der Waals surface area (Å²) in [6.07, 6.45) is 0.445. The molecule has 0 aliphatic rings. The highest BCUT2D eigenvalue weighted by Gasteiger charge is 2.31. The highest BCUT2D eigenvalue weighted by molar-refractivity contribution is 8.01. The zero-order valence-corrected chi connectivity index (χ0v) is 23.1. The van der Waals surface area contributed by atoms with Crippen molar-refractivity contribution in [1.29, 1.82) is 0 Å². The molecule has 0 saturated heterocycles. The third-order valence-corrected chi connectivity index (χ3v) is 8.45. The van der Waals surface area contributed by atoms with Gasteiger partial charge in [0.2, 0.25) is 0 Å². The summed E-state index contributed by atoms with van der Waals surface area (Å²) in [5, 5.41) is 13.5. The minimum Gasteiger partial charge on any atom is -0.481 e. The quantitative estimate of drug-likeness (QED) is 0.217. The van der Waals surface area contributed by atoms with Crippen LogP contribution in [0.4, 0.5) is 0 Å². The van der Waals surface area contributed by atoms with Crippen molar-refractivity contribution in [2.24, 2.45) is 7.05 Å². The molecule has 1 atom stereocenters. The van der Waals surface area contributed by atoms with E-state index in [1.165, 1.54) is 0 Å². The van der Waals surface area contributed by atoms with Crippen LogP contribution in [0.5, 0.6) is 0 Å². The molecule has 3 aromatic carbocycles. The van der Waals surface area contributed by atoms with E-state index in [1.54, 1.807) is 23.5 Å². The van der Waals surface area contributed by atoms with Crippen LogP contribution in [-0.2, 0) is 18.3 Å². The highest BCUT2D eigenvalue weighted by atomic mass is 32.2. The van der Waals surface area contributed by atoms with Crippen LogP contribution in [0.3, 0.4) is 0 Å². The smallest absolute Gasteiger partial charge is 0.312 e. The second kappa shape index (κ2) is 10.3. The number of carboxylic acid groups (broad SMARTS) is 1. The van der Waals surface area contributed by atoms with Gasteiger partial charge in [0, 0.05) is 43.6 Å². The first-order valence-electron chi connectivity index (χ1n) is 12.3. The molecule has 0 aliphatic carbocycles. The monoisotopic (exact) mass is 526 g/mol. The standard InChI is InChI=1S/C31H30N2O2S2/c1-31(2,3)37-29-23-19-22(36-27-17-14-21-12-8-9-13-25(21)32-27)15-16-26(23)33(4)28(29)24(30(34)35)18-20-10-6-5-7-11-20/h5-17,19,24H,18H2,1-4H3,(H,34,35). The molecule has 4 nitrogen and oxygen atoms in total. The van der Waals surface area contributed by atoms with Crippen LogP contribution in [-0.4, -0.2) is 25.4 Å². The van der Waals surface area contributed by atoms with Gasteiger partial charge in [0.1, 0.15) is 10.9 Å². The fourth-order valence-corrected chi connectivity index (χ4v) is 6.76.